The van der Waals surface area contributed by atoms with Gasteiger partial charge in [-0.1, -0.05) is 0 Å². The molecule has 92 valence electrons. The molecule has 0 spiro atoms. The Kier molecular flexibility index (Phi) is 2.40. The molecule has 2 heterocycles. The summed E-state index contributed by atoms with van der Waals surface area (Å²) in [7, 11) is 0. The number of ether oxygens (including phenoxy) is 2. The molecule has 3 rings (SSSR count). The van der Waals surface area contributed by atoms with Gasteiger partial charge in [0.15, 0.2) is 11.5 Å². The average Bonchev–Trinajstić information content (AvgIpc) is 2.96. The second kappa shape index (κ2) is 4.06. The van der Waals surface area contributed by atoms with Crippen LogP contribution in [0.25, 0.3) is 0 Å². The lowest BCUT2D eigenvalue weighted by atomic mass is 10.3. The maximum Gasteiger partial charge on any atom is 0.346 e. The molecule has 6 heteroatoms. The number of anilines is 1. The molecule has 0 fully saturated rings. The van der Waals surface area contributed by atoms with Crippen LogP contribution in [0.5, 0.6) is 11.5 Å². The van der Waals surface area contributed by atoms with Gasteiger partial charge in [-0.3, -0.25) is 0 Å². The maximum absolute atomic E-state index is 11.8. The number of hydrogen-bond acceptors (Lipinski definition) is 4. The summed E-state index contributed by atoms with van der Waals surface area (Å²) in [5.41, 5.74) is 1.56. The first-order valence-corrected chi connectivity index (χ1v) is 5.45. The zero-order valence-corrected chi connectivity index (χ0v) is 9.71. The number of carbonyl (C=O) groups excluding carboxylic acids is 1. The van der Waals surface area contributed by atoms with Crippen LogP contribution >= 0.6 is 0 Å². The molecule has 18 heavy (non-hydrogen) atoms. The van der Waals surface area contributed by atoms with E-state index in [-0.39, 0.29) is 12.8 Å². The fourth-order valence-corrected chi connectivity index (χ4v) is 1.68. The molecule has 0 aliphatic carbocycles. The Bertz CT molecular complexity index is 606. The van der Waals surface area contributed by atoms with E-state index in [1.165, 1.54) is 4.68 Å². The standard InChI is InChI=1S/C12H11N3O3/c1-8-5-13-15(6-8)12(16)14-9-2-3-10-11(4-9)18-7-17-10/h2-6H,7H2,1H3,(H,14,16). The Morgan fingerprint density at radius 2 is 2.22 bits per heavy atom. The minimum atomic E-state index is -0.318. The molecule has 1 aliphatic rings. The Morgan fingerprint density at radius 3 is 3.00 bits per heavy atom. The predicted molar refractivity (Wildman–Crippen MR) is 63.9 cm³/mol. The molecule has 0 saturated carbocycles. The van der Waals surface area contributed by atoms with E-state index in [9.17, 15) is 4.79 Å². The summed E-state index contributed by atoms with van der Waals surface area (Å²) < 4.78 is 11.7. The molecule has 0 unspecified atom stereocenters. The summed E-state index contributed by atoms with van der Waals surface area (Å²) in [5.74, 6) is 1.31. The topological polar surface area (TPSA) is 65.4 Å². The maximum atomic E-state index is 11.8. The number of carbonyl (C=O) groups is 1. The molecule has 1 aliphatic heterocycles. The minimum absolute atomic E-state index is 0.213. The van der Waals surface area contributed by atoms with Crippen molar-refractivity contribution >= 4 is 11.7 Å². The summed E-state index contributed by atoms with van der Waals surface area (Å²) in [4.78, 5) is 11.8. The lowest BCUT2D eigenvalue weighted by molar-refractivity contribution is 0.174. The number of fused-ring (bicyclic) bond motifs is 1. The van der Waals surface area contributed by atoms with Gasteiger partial charge in [0, 0.05) is 18.0 Å². The lowest BCUT2D eigenvalue weighted by Gasteiger charge is -2.05. The first-order chi connectivity index (χ1) is 8.72. The molecule has 0 radical (unpaired) electrons. The number of hydrogen-bond donors (Lipinski definition) is 1. The van der Waals surface area contributed by atoms with Gasteiger partial charge < -0.3 is 14.8 Å². The molecule has 2 aromatic rings. The van der Waals surface area contributed by atoms with Crippen molar-refractivity contribution in [2.45, 2.75) is 6.92 Å². The predicted octanol–water partition coefficient (Wildman–Crippen LogP) is 2.00. The summed E-state index contributed by atoms with van der Waals surface area (Å²) >= 11 is 0. The molecule has 1 N–H and O–H groups in total. The molecule has 0 saturated heterocycles. The van der Waals surface area contributed by atoms with Crippen LogP contribution in [0.2, 0.25) is 0 Å². The van der Waals surface area contributed by atoms with E-state index in [2.05, 4.69) is 10.4 Å². The number of nitrogens with zero attached hydrogens (tertiary/aromatic N) is 2. The van der Waals surface area contributed by atoms with Crippen molar-refractivity contribution in [2.75, 3.05) is 12.1 Å². The Labute approximate surface area is 103 Å². The zero-order chi connectivity index (χ0) is 12.5. The normalized spacial score (nSPS) is 12.5. The van der Waals surface area contributed by atoms with Gasteiger partial charge in [-0.15, -0.1) is 0 Å². The van der Waals surface area contributed by atoms with Gasteiger partial charge in [0.2, 0.25) is 6.79 Å². The molecule has 1 aromatic heterocycles. The van der Waals surface area contributed by atoms with Crippen LogP contribution in [0.15, 0.2) is 30.6 Å². The van der Waals surface area contributed by atoms with Gasteiger partial charge >= 0.3 is 6.03 Å². The number of aromatic nitrogens is 2. The molecule has 1 aromatic carbocycles. The zero-order valence-electron chi connectivity index (χ0n) is 9.71. The van der Waals surface area contributed by atoms with Crippen molar-refractivity contribution in [3.05, 3.63) is 36.2 Å². The molecular weight excluding hydrogens is 234 g/mol. The van der Waals surface area contributed by atoms with Gasteiger partial charge in [-0.05, 0) is 24.6 Å². The smallest absolute Gasteiger partial charge is 0.346 e. The van der Waals surface area contributed by atoms with Crippen molar-refractivity contribution in [3.8, 4) is 11.5 Å². The van der Waals surface area contributed by atoms with Crippen LogP contribution < -0.4 is 14.8 Å². The van der Waals surface area contributed by atoms with Crippen molar-refractivity contribution in [1.29, 1.82) is 0 Å². The third-order valence-electron chi connectivity index (χ3n) is 2.54. The molecule has 1 amide bonds. The van der Waals surface area contributed by atoms with Crippen LogP contribution in [-0.4, -0.2) is 22.6 Å². The van der Waals surface area contributed by atoms with Crippen molar-refractivity contribution < 1.29 is 14.3 Å². The van der Waals surface area contributed by atoms with Gasteiger partial charge in [0.1, 0.15) is 0 Å². The number of aryl methyl sites for hydroxylation is 1. The van der Waals surface area contributed by atoms with Gasteiger partial charge in [-0.2, -0.15) is 9.78 Å². The van der Waals surface area contributed by atoms with Crippen LogP contribution in [0.1, 0.15) is 5.56 Å². The fraction of sp³-hybridized carbons (Fsp3) is 0.167. The number of benzene rings is 1. The van der Waals surface area contributed by atoms with E-state index in [0.29, 0.717) is 17.2 Å². The Balaban J connectivity index is 1.78. The molecule has 0 atom stereocenters. The summed E-state index contributed by atoms with van der Waals surface area (Å²) in [6.07, 6.45) is 3.28. The SMILES string of the molecule is Cc1cnn(C(=O)Nc2ccc3c(c2)OCO3)c1. The van der Waals surface area contributed by atoms with E-state index in [1.54, 1.807) is 30.6 Å². The van der Waals surface area contributed by atoms with E-state index in [1.807, 2.05) is 6.92 Å². The Morgan fingerprint density at radius 1 is 1.39 bits per heavy atom. The largest absolute Gasteiger partial charge is 0.454 e. The van der Waals surface area contributed by atoms with E-state index in [4.69, 9.17) is 9.47 Å². The lowest BCUT2D eigenvalue weighted by Crippen LogP contribution is -2.19. The summed E-state index contributed by atoms with van der Waals surface area (Å²) in [5, 5.41) is 6.66. The summed E-state index contributed by atoms with van der Waals surface area (Å²) in [6, 6.07) is 4.91. The van der Waals surface area contributed by atoms with Crippen LogP contribution in [-0.2, 0) is 0 Å². The third kappa shape index (κ3) is 1.88. The number of nitrogens with one attached hydrogen (secondary N) is 1. The Hall–Kier alpha value is -2.50. The number of amides is 1. The van der Waals surface area contributed by atoms with E-state index >= 15 is 0 Å². The molecule has 0 bridgehead atoms. The fourth-order valence-electron chi connectivity index (χ4n) is 1.68. The van der Waals surface area contributed by atoms with Gasteiger partial charge in [0.05, 0.1) is 6.20 Å². The minimum Gasteiger partial charge on any atom is -0.454 e. The van der Waals surface area contributed by atoms with E-state index < -0.39 is 0 Å². The van der Waals surface area contributed by atoms with Crippen molar-refractivity contribution in [2.24, 2.45) is 0 Å². The summed E-state index contributed by atoms with van der Waals surface area (Å²) in [6.45, 7) is 2.09. The average molecular weight is 245 g/mol. The monoisotopic (exact) mass is 245 g/mol. The van der Waals surface area contributed by atoms with E-state index in [0.717, 1.165) is 5.56 Å². The first-order valence-electron chi connectivity index (χ1n) is 5.45. The second-order valence-electron chi connectivity index (χ2n) is 3.96. The van der Waals surface area contributed by atoms with Crippen LogP contribution in [0.4, 0.5) is 10.5 Å². The van der Waals surface area contributed by atoms with Gasteiger partial charge in [-0.25, -0.2) is 4.79 Å². The second-order valence-corrected chi connectivity index (χ2v) is 3.96. The highest BCUT2D eigenvalue weighted by atomic mass is 16.7. The van der Waals surface area contributed by atoms with Crippen LogP contribution in [0, 0.1) is 6.92 Å². The number of rotatable bonds is 1. The first kappa shape index (κ1) is 10.6. The van der Waals surface area contributed by atoms with Crippen molar-refractivity contribution in [3.63, 3.8) is 0 Å². The highest BCUT2D eigenvalue weighted by molar-refractivity contribution is 5.90. The molecular formula is C12H11N3O3. The quantitative estimate of drug-likeness (QED) is 0.834. The van der Waals surface area contributed by atoms with Gasteiger partial charge in [0.25, 0.3) is 0 Å². The van der Waals surface area contributed by atoms with Crippen molar-refractivity contribution in [1.82, 2.24) is 9.78 Å². The highest BCUT2D eigenvalue weighted by Crippen LogP contribution is 2.34. The van der Waals surface area contributed by atoms with Crippen LogP contribution in [0.3, 0.4) is 0 Å². The molecule has 6 nitrogen and oxygen atoms in total. The third-order valence-corrected chi connectivity index (χ3v) is 2.54. The highest BCUT2D eigenvalue weighted by Gasteiger charge is 2.14.